The number of nitrogen functional groups attached to an aromatic ring is 1. The quantitative estimate of drug-likeness (QED) is 0.526. The van der Waals surface area contributed by atoms with Gasteiger partial charge >= 0.3 is 0 Å². The molecule has 21 heavy (non-hydrogen) atoms. The van der Waals surface area contributed by atoms with Crippen LogP contribution >= 0.6 is 31.9 Å². The summed E-state index contributed by atoms with van der Waals surface area (Å²) in [5.74, 6) is 0.132. The molecule has 110 valence electrons. The molecule has 0 saturated carbocycles. The number of amides is 1. The van der Waals surface area contributed by atoms with Gasteiger partial charge < -0.3 is 20.9 Å². The number of nitrogens with two attached hydrogens (primary N) is 1. The molecular formula is C14H12Br2N2O3. The lowest BCUT2D eigenvalue weighted by Crippen LogP contribution is -2.14. The smallest absolute Gasteiger partial charge is 0.257 e. The maximum atomic E-state index is 12.2. The summed E-state index contributed by atoms with van der Waals surface area (Å²) in [5.41, 5.74) is 6.76. The van der Waals surface area contributed by atoms with Gasteiger partial charge in [-0.3, -0.25) is 4.79 Å². The molecule has 0 aliphatic rings. The average Bonchev–Trinajstić information content (AvgIpc) is 2.44. The second-order valence-corrected chi connectivity index (χ2v) is 5.90. The van der Waals surface area contributed by atoms with Gasteiger partial charge in [0.15, 0.2) is 0 Å². The molecule has 0 fully saturated rings. The van der Waals surface area contributed by atoms with Gasteiger partial charge in [-0.1, -0.05) is 0 Å². The minimum atomic E-state index is -0.423. The largest absolute Gasteiger partial charge is 0.508 e. The zero-order chi connectivity index (χ0) is 15.6. The number of carbonyl (C=O) groups is 1. The molecule has 0 radical (unpaired) electrons. The monoisotopic (exact) mass is 414 g/mol. The van der Waals surface area contributed by atoms with Crippen molar-refractivity contribution in [3.05, 3.63) is 44.8 Å². The van der Waals surface area contributed by atoms with E-state index in [0.717, 1.165) is 4.47 Å². The van der Waals surface area contributed by atoms with E-state index in [-0.39, 0.29) is 17.0 Å². The van der Waals surface area contributed by atoms with E-state index in [1.165, 1.54) is 25.3 Å². The molecule has 0 aromatic heterocycles. The van der Waals surface area contributed by atoms with E-state index in [0.29, 0.717) is 15.9 Å². The molecule has 0 saturated heterocycles. The number of anilines is 2. The molecule has 0 heterocycles. The highest BCUT2D eigenvalue weighted by Crippen LogP contribution is 2.35. The first-order valence-corrected chi connectivity index (χ1v) is 7.44. The Kier molecular flexibility index (Phi) is 4.74. The standard InChI is InChI=1S/C14H12Br2N2O3/c1-21-13-6-12(9(15)5-10(13)16)18-14(20)8-4-7(19)2-3-11(8)17/h2-6,19H,17H2,1H3,(H,18,20). The number of benzene rings is 2. The van der Waals surface area contributed by atoms with Crippen LogP contribution in [0, 0.1) is 0 Å². The first-order valence-electron chi connectivity index (χ1n) is 5.85. The summed E-state index contributed by atoms with van der Waals surface area (Å²) in [6.07, 6.45) is 0. The molecule has 2 rings (SSSR count). The lowest BCUT2D eigenvalue weighted by Gasteiger charge is -2.12. The fourth-order valence-electron chi connectivity index (χ4n) is 1.71. The molecule has 0 aliphatic heterocycles. The predicted octanol–water partition coefficient (Wildman–Crippen LogP) is 3.76. The molecule has 2 aromatic carbocycles. The van der Waals surface area contributed by atoms with Gasteiger partial charge in [-0.2, -0.15) is 0 Å². The highest BCUT2D eigenvalue weighted by Gasteiger charge is 2.14. The van der Waals surface area contributed by atoms with Crippen LogP contribution in [0.2, 0.25) is 0 Å². The topological polar surface area (TPSA) is 84.6 Å². The fourth-order valence-corrected chi connectivity index (χ4v) is 2.97. The van der Waals surface area contributed by atoms with Crippen molar-refractivity contribution in [3.8, 4) is 11.5 Å². The van der Waals surface area contributed by atoms with E-state index < -0.39 is 5.91 Å². The first kappa shape index (κ1) is 15.7. The van der Waals surface area contributed by atoms with Gasteiger partial charge in [0.1, 0.15) is 11.5 Å². The Morgan fingerprint density at radius 3 is 2.62 bits per heavy atom. The number of halogens is 2. The van der Waals surface area contributed by atoms with Crippen molar-refractivity contribution in [2.45, 2.75) is 0 Å². The Balaban J connectivity index is 2.33. The van der Waals surface area contributed by atoms with E-state index in [4.69, 9.17) is 10.5 Å². The number of ether oxygens (including phenoxy) is 1. The van der Waals surface area contributed by atoms with Crippen LogP contribution in [-0.2, 0) is 0 Å². The van der Waals surface area contributed by atoms with E-state index in [2.05, 4.69) is 37.2 Å². The van der Waals surface area contributed by atoms with E-state index in [1.807, 2.05) is 0 Å². The number of phenols is 1. The number of hydrogen-bond donors (Lipinski definition) is 3. The minimum absolute atomic E-state index is 0.0261. The molecule has 0 bridgehead atoms. The van der Waals surface area contributed by atoms with Crippen molar-refractivity contribution < 1.29 is 14.6 Å². The van der Waals surface area contributed by atoms with E-state index >= 15 is 0 Å². The third-order valence-corrected chi connectivity index (χ3v) is 4.05. The Morgan fingerprint density at radius 2 is 1.95 bits per heavy atom. The van der Waals surface area contributed by atoms with E-state index in [9.17, 15) is 9.90 Å². The molecule has 0 atom stereocenters. The molecule has 1 amide bonds. The van der Waals surface area contributed by atoms with Gasteiger partial charge in [0, 0.05) is 16.2 Å². The molecule has 0 spiro atoms. The zero-order valence-corrected chi connectivity index (χ0v) is 14.2. The molecular weight excluding hydrogens is 404 g/mol. The molecule has 0 unspecified atom stereocenters. The summed E-state index contributed by atoms with van der Waals surface area (Å²) < 4.78 is 6.63. The summed E-state index contributed by atoms with van der Waals surface area (Å²) >= 11 is 6.72. The van der Waals surface area contributed by atoms with Crippen LogP contribution in [0.1, 0.15) is 10.4 Å². The average molecular weight is 416 g/mol. The van der Waals surface area contributed by atoms with Crippen LogP contribution < -0.4 is 15.8 Å². The Hall–Kier alpha value is -1.73. The van der Waals surface area contributed by atoms with Crippen LogP contribution in [-0.4, -0.2) is 18.1 Å². The SMILES string of the molecule is COc1cc(NC(=O)c2cc(O)ccc2N)c(Br)cc1Br. The lowest BCUT2D eigenvalue weighted by molar-refractivity contribution is 0.102. The van der Waals surface area contributed by atoms with Crippen LogP contribution in [0.5, 0.6) is 11.5 Å². The second kappa shape index (κ2) is 6.36. The summed E-state index contributed by atoms with van der Waals surface area (Å²) in [4.78, 5) is 12.2. The van der Waals surface area contributed by atoms with Crippen LogP contribution in [0.3, 0.4) is 0 Å². The first-order chi connectivity index (χ1) is 9.92. The molecule has 4 N–H and O–H groups in total. The van der Waals surface area contributed by atoms with Crippen LogP contribution in [0.4, 0.5) is 11.4 Å². The summed E-state index contributed by atoms with van der Waals surface area (Å²) in [7, 11) is 1.53. The van der Waals surface area contributed by atoms with E-state index in [1.54, 1.807) is 12.1 Å². The number of rotatable bonds is 3. The Labute approximate surface area is 138 Å². The van der Waals surface area contributed by atoms with Crippen molar-refractivity contribution in [3.63, 3.8) is 0 Å². The van der Waals surface area contributed by atoms with Gasteiger partial charge in [-0.15, -0.1) is 0 Å². The highest BCUT2D eigenvalue weighted by atomic mass is 79.9. The number of carbonyl (C=O) groups excluding carboxylic acids is 1. The van der Waals surface area contributed by atoms with Gasteiger partial charge in [0.2, 0.25) is 0 Å². The number of nitrogens with one attached hydrogen (secondary N) is 1. The Morgan fingerprint density at radius 1 is 1.24 bits per heavy atom. The number of phenolic OH excluding ortho intramolecular Hbond substituents is 1. The third-order valence-electron chi connectivity index (χ3n) is 2.77. The maximum Gasteiger partial charge on any atom is 0.257 e. The fraction of sp³-hybridized carbons (Fsp3) is 0.0714. The van der Waals surface area contributed by atoms with Gasteiger partial charge in [-0.05, 0) is 56.1 Å². The zero-order valence-electron chi connectivity index (χ0n) is 11.0. The number of hydrogen-bond acceptors (Lipinski definition) is 4. The third kappa shape index (κ3) is 3.48. The Bertz CT molecular complexity index is 705. The number of methoxy groups -OCH3 is 1. The van der Waals surface area contributed by atoms with Crippen LogP contribution in [0.15, 0.2) is 39.3 Å². The number of aromatic hydroxyl groups is 1. The molecule has 2 aromatic rings. The van der Waals surface area contributed by atoms with Crippen molar-refractivity contribution in [2.75, 3.05) is 18.2 Å². The predicted molar refractivity (Wildman–Crippen MR) is 88.9 cm³/mol. The van der Waals surface area contributed by atoms with Crippen molar-refractivity contribution in [1.82, 2.24) is 0 Å². The summed E-state index contributed by atoms with van der Waals surface area (Å²) in [6, 6.07) is 7.64. The highest BCUT2D eigenvalue weighted by molar-refractivity contribution is 9.11. The van der Waals surface area contributed by atoms with Gasteiger partial charge in [0.05, 0.1) is 22.8 Å². The van der Waals surface area contributed by atoms with Crippen molar-refractivity contribution in [1.29, 1.82) is 0 Å². The maximum absolute atomic E-state index is 12.2. The summed E-state index contributed by atoms with van der Waals surface area (Å²) in [6.45, 7) is 0. The minimum Gasteiger partial charge on any atom is -0.508 e. The van der Waals surface area contributed by atoms with Crippen LogP contribution in [0.25, 0.3) is 0 Å². The lowest BCUT2D eigenvalue weighted by atomic mass is 10.1. The molecule has 0 aliphatic carbocycles. The normalized spacial score (nSPS) is 10.2. The van der Waals surface area contributed by atoms with Gasteiger partial charge in [-0.25, -0.2) is 0 Å². The molecule has 5 nitrogen and oxygen atoms in total. The van der Waals surface area contributed by atoms with Gasteiger partial charge in [0.25, 0.3) is 5.91 Å². The second-order valence-electron chi connectivity index (χ2n) is 4.19. The van der Waals surface area contributed by atoms with Crippen molar-refractivity contribution in [2.24, 2.45) is 0 Å². The summed E-state index contributed by atoms with van der Waals surface area (Å²) in [5, 5.41) is 12.2. The molecule has 7 heteroatoms. The van der Waals surface area contributed by atoms with Crippen molar-refractivity contribution >= 4 is 49.1 Å².